The van der Waals surface area contributed by atoms with Gasteiger partial charge in [-0.25, -0.2) is 19.1 Å². The molecule has 0 bridgehead atoms. The molecule has 5 amide bonds. The fourth-order valence-electron chi connectivity index (χ4n) is 3.21. The lowest BCUT2D eigenvalue weighted by Crippen LogP contribution is -2.68. The molecular formula is C26H25F2N5O5. The van der Waals surface area contributed by atoms with Crippen LogP contribution in [0.15, 0.2) is 48.5 Å². The van der Waals surface area contributed by atoms with Crippen molar-refractivity contribution in [2.45, 2.75) is 38.4 Å². The highest BCUT2D eigenvalue weighted by Crippen LogP contribution is 2.21. The van der Waals surface area contributed by atoms with E-state index in [1.165, 1.54) is 29.7 Å². The molecule has 0 aromatic heterocycles. The summed E-state index contributed by atoms with van der Waals surface area (Å²) < 4.78 is 27.5. The van der Waals surface area contributed by atoms with Crippen molar-refractivity contribution in [2.75, 3.05) is 0 Å². The smallest absolute Gasteiger partial charge is 0.312 e. The van der Waals surface area contributed by atoms with Crippen LogP contribution in [-0.4, -0.2) is 47.0 Å². The van der Waals surface area contributed by atoms with Crippen molar-refractivity contribution in [1.82, 2.24) is 21.4 Å². The van der Waals surface area contributed by atoms with Gasteiger partial charge in [-0.2, -0.15) is 0 Å². The molecule has 0 aliphatic rings. The van der Waals surface area contributed by atoms with Crippen LogP contribution in [0.4, 0.5) is 13.6 Å². The van der Waals surface area contributed by atoms with Crippen LogP contribution in [-0.2, 0) is 16.1 Å². The highest BCUT2D eigenvalue weighted by Gasteiger charge is 2.48. The molecule has 2 aromatic rings. The SMILES string of the molecule is CC(=O)NC(C)(C(F)F)[C@H](NC(=O)c1ccc(C#CC#Cc2ccc(CNC(N)=O)cc2)cc1)C(=O)NO. The van der Waals surface area contributed by atoms with Crippen molar-refractivity contribution < 1.29 is 33.2 Å². The minimum atomic E-state index is -3.26. The van der Waals surface area contributed by atoms with Crippen LogP contribution in [0, 0.1) is 23.7 Å². The molecule has 2 aromatic carbocycles. The number of carbonyl (C=O) groups is 4. The number of urea groups is 1. The van der Waals surface area contributed by atoms with Gasteiger partial charge in [-0.1, -0.05) is 24.0 Å². The van der Waals surface area contributed by atoms with Gasteiger partial charge in [0.25, 0.3) is 18.2 Å². The number of benzene rings is 2. The van der Waals surface area contributed by atoms with Crippen LogP contribution >= 0.6 is 0 Å². The molecule has 0 spiro atoms. The molecule has 0 fully saturated rings. The Bertz CT molecular complexity index is 1310. The zero-order chi connectivity index (χ0) is 28.3. The van der Waals surface area contributed by atoms with Crippen molar-refractivity contribution in [3.05, 3.63) is 70.8 Å². The topological polar surface area (TPSA) is 163 Å². The van der Waals surface area contributed by atoms with Crippen molar-refractivity contribution >= 4 is 23.8 Å². The summed E-state index contributed by atoms with van der Waals surface area (Å²) in [5, 5.41) is 15.5. The van der Waals surface area contributed by atoms with E-state index in [1.807, 2.05) is 5.32 Å². The summed E-state index contributed by atoms with van der Waals surface area (Å²) in [6, 6.07) is 10.2. The van der Waals surface area contributed by atoms with Gasteiger partial charge in [0.1, 0.15) is 11.6 Å². The molecule has 1 unspecified atom stereocenters. The Balaban J connectivity index is 2.10. The van der Waals surface area contributed by atoms with E-state index in [0.29, 0.717) is 17.7 Å². The van der Waals surface area contributed by atoms with Crippen LogP contribution in [0.2, 0.25) is 0 Å². The van der Waals surface area contributed by atoms with E-state index in [9.17, 15) is 28.0 Å². The number of nitrogens with two attached hydrogens (primary N) is 1. The Hall–Kier alpha value is -4.94. The fraction of sp³-hybridized carbons (Fsp3) is 0.231. The molecule has 10 nitrogen and oxygen atoms in total. The molecule has 2 rings (SSSR count). The zero-order valence-corrected chi connectivity index (χ0v) is 20.4. The van der Waals surface area contributed by atoms with Gasteiger partial charge in [0.15, 0.2) is 0 Å². The minimum absolute atomic E-state index is 0.0164. The summed E-state index contributed by atoms with van der Waals surface area (Å²) in [6.45, 7) is 2.14. The van der Waals surface area contributed by atoms with Gasteiger partial charge in [0.05, 0.1) is 0 Å². The van der Waals surface area contributed by atoms with Crippen molar-refractivity contribution in [2.24, 2.45) is 5.73 Å². The highest BCUT2D eigenvalue weighted by atomic mass is 19.3. The maximum atomic E-state index is 13.8. The highest BCUT2D eigenvalue weighted by molar-refractivity contribution is 5.98. The van der Waals surface area contributed by atoms with Gasteiger partial charge in [-0.05, 0) is 60.7 Å². The van der Waals surface area contributed by atoms with E-state index in [4.69, 9.17) is 10.9 Å². The first-order valence-electron chi connectivity index (χ1n) is 11.0. The molecule has 0 aliphatic carbocycles. The molecule has 7 N–H and O–H groups in total. The standard InChI is InChI=1S/C26H25F2N5O5/c1-16(34)32-26(2,24(27)28)21(23(36)33-38)31-22(35)20-13-11-18(12-14-20)6-4-3-5-17-7-9-19(10-8-17)15-30-25(29)37/h7-14,21,24,38H,15H2,1-2H3,(H,31,35)(H,32,34)(H,33,36)(H3,29,30,37)/t21-,26?/m1/s1. The predicted molar refractivity (Wildman–Crippen MR) is 132 cm³/mol. The first-order chi connectivity index (χ1) is 18.0. The second-order valence-corrected chi connectivity index (χ2v) is 8.14. The summed E-state index contributed by atoms with van der Waals surface area (Å²) in [4.78, 5) is 46.9. The molecule has 0 radical (unpaired) electrons. The van der Waals surface area contributed by atoms with Crippen molar-refractivity contribution in [3.63, 3.8) is 0 Å². The van der Waals surface area contributed by atoms with E-state index in [2.05, 4.69) is 34.3 Å². The summed E-state index contributed by atoms with van der Waals surface area (Å²) >= 11 is 0. The minimum Gasteiger partial charge on any atom is -0.352 e. The van der Waals surface area contributed by atoms with Gasteiger partial charge < -0.3 is 21.7 Å². The first-order valence-corrected chi connectivity index (χ1v) is 11.0. The van der Waals surface area contributed by atoms with Crippen LogP contribution in [0.25, 0.3) is 0 Å². The quantitative estimate of drug-likeness (QED) is 0.172. The molecular weight excluding hydrogens is 500 g/mol. The third-order valence-corrected chi connectivity index (χ3v) is 5.19. The van der Waals surface area contributed by atoms with Gasteiger partial charge in [0.2, 0.25) is 5.91 Å². The maximum Gasteiger partial charge on any atom is 0.312 e. The van der Waals surface area contributed by atoms with Gasteiger partial charge >= 0.3 is 6.03 Å². The number of hydrogen-bond acceptors (Lipinski definition) is 5. The Morgan fingerprint density at radius 2 is 1.50 bits per heavy atom. The predicted octanol–water partition coefficient (Wildman–Crippen LogP) is 1.02. The Morgan fingerprint density at radius 3 is 1.95 bits per heavy atom. The van der Waals surface area contributed by atoms with E-state index in [-0.39, 0.29) is 5.56 Å². The van der Waals surface area contributed by atoms with Crippen molar-refractivity contribution in [1.29, 1.82) is 0 Å². The maximum absolute atomic E-state index is 13.8. The van der Waals surface area contributed by atoms with E-state index >= 15 is 0 Å². The number of hydroxylamine groups is 1. The zero-order valence-electron chi connectivity index (χ0n) is 20.4. The molecule has 2 atom stereocenters. The van der Waals surface area contributed by atoms with Crippen LogP contribution in [0.3, 0.4) is 0 Å². The molecule has 0 saturated carbocycles. The number of alkyl halides is 2. The average molecular weight is 526 g/mol. The lowest BCUT2D eigenvalue weighted by atomic mass is 9.91. The summed E-state index contributed by atoms with van der Waals surface area (Å²) in [5.41, 5.74) is 5.83. The molecule has 0 saturated heterocycles. The number of carbonyl (C=O) groups excluding carboxylic acids is 4. The Labute approximate surface area is 217 Å². The molecule has 12 heteroatoms. The molecule has 198 valence electrons. The summed E-state index contributed by atoms with van der Waals surface area (Å²) in [7, 11) is 0. The number of rotatable bonds is 8. The second-order valence-electron chi connectivity index (χ2n) is 8.14. The largest absolute Gasteiger partial charge is 0.352 e. The van der Waals surface area contributed by atoms with Crippen LogP contribution in [0.5, 0.6) is 0 Å². The van der Waals surface area contributed by atoms with Gasteiger partial charge in [-0.3, -0.25) is 19.6 Å². The lowest BCUT2D eigenvalue weighted by Gasteiger charge is -2.36. The van der Waals surface area contributed by atoms with Crippen LogP contribution in [0.1, 0.15) is 40.9 Å². The van der Waals surface area contributed by atoms with Gasteiger partial charge in [-0.15, -0.1) is 0 Å². The second kappa shape index (κ2) is 13.4. The van der Waals surface area contributed by atoms with E-state index in [1.54, 1.807) is 24.3 Å². The summed E-state index contributed by atoms with van der Waals surface area (Å²) in [6.07, 6.45) is -3.26. The average Bonchev–Trinajstić information content (AvgIpc) is 2.88. The van der Waals surface area contributed by atoms with Crippen molar-refractivity contribution in [3.8, 4) is 23.7 Å². The lowest BCUT2D eigenvalue weighted by molar-refractivity contribution is -0.137. The third kappa shape index (κ3) is 8.33. The fourth-order valence-corrected chi connectivity index (χ4v) is 3.21. The molecule has 38 heavy (non-hydrogen) atoms. The van der Waals surface area contributed by atoms with E-state index < -0.39 is 41.8 Å². The Morgan fingerprint density at radius 1 is 0.974 bits per heavy atom. The number of halogens is 2. The third-order valence-electron chi connectivity index (χ3n) is 5.19. The van der Waals surface area contributed by atoms with Crippen LogP contribution < -0.4 is 27.2 Å². The molecule has 0 aliphatic heterocycles. The summed E-state index contributed by atoms with van der Waals surface area (Å²) in [5.74, 6) is 7.91. The van der Waals surface area contributed by atoms with E-state index in [0.717, 1.165) is 19.4 Å². The number of amides is 5. The monoisotopic (exact) mass is 525 g/mol. The number of hydrogen-bond donors (Lipinski definition) is 6. The van der Waals surface area contributed by atoms with Gasteiger partial charge in [0, 0.05) is 30.2 Å². The first kappa shape index (κ1) is 29.3. The Kier molecular flexibility index (Phi) is 10.3. The normalized spacial score (nSPS) is 12.4. The number of nitrogens with one attached hydrogen (secondary N) is 4. The molecule has 0 heterocycles. The number of primary amides is 1.